The lowest BCUT2D eigenvalue weighted by atomic mass is 9.79. The summed E-state index contributed by atoms with van der Waals surface area (Å²) in [4.78, 5) is 0. The summed E-state index contributed by atoms with van der Waals surface area (Å²) in [5.41, 5.74) is -0.605. The zero-order valence-corrected chi connectivity index (χ0v) is 9.67. The maximum atomic E-state index is 10.5. The van der Waals surface area contributed by atoms with Crippen molar-refractivity contribution in [2.75, 3.05) is 19.8 Å². The van der Waals surface area contributed by atoms with Gasteiger partial charge in [0.25, 0.3) is 0 Å². The highest BCUT2D eigenvalue weighted by molar-refractivity contribution is 4.96. The molecule has 2 aliphatic rings. The number of hydrogen-bond donors (Lipinski definition) is 2. The summed E-state index contributed by atoms with van der Waals surface area (Å²) in [6, 6.07) is 0.247. The van der Waals surface area contributed by atoms with Crippen molar-refractivity contribution in [2.24, 2.45) is 5.92 Å². The summed E-state index contributed by atoms with van der Waals surface area (Å²) in [5.74, 6) is 0.780. The second kappa shape index (κ2) is 4.81. The fourth-order valence-electron chi connectivity index (χ4n) is 2.85. The summed E-state index contributed by atoms with van der Waals surface area (Å²) < 4.78 is 5.42. The molecule has 0 aromatic heterocycles. The van der Waals surface area contributed by atoms with Crippen LogP contribution >= 0.6 is 0 Å². The molecule has 3 heteroatoms. The fourth-order valence-corrected chi connectivity index (χ4v) is 2.85. The minimum Gasteiger partial charge on any atom is -0.386 e. The zero-order valence-electron chi connectivity index (χ0n) is 9.67. The van der Waals surface area contributed by atoms with Gasteiger partial charge in [0.15, 0.2) is 0 Å². The molecule has 2 aliphatic heterocycles. The second-order valence-corrected chi connectivity index (χ2v) is 5.07. The van der Waals surface area contributed by atoms with Gasteiger partial charge in [-0.2, -0.15) is 0 Å². The highest BCUT2D eigenvalue weighted by Gasteiger charge is 2.40. The van der Waals surface area contributed by atoms with Crippen LogP contribution in [0.1, 0.15) is 39.0 Å². The van der Waals surface area contributed by atoms with Gasteiger partial charge in [-0.25, -0.2) is 0 Å². The van der Waals surface area contributed by atoms with Crippen LogP contribution in [0.15, 0.2) is 0 Å². The standard InChI is InChI=1S/C12H23NO2/c1-2-10-4-6-13-11(8-10)12(14)5-3-7-15-9-12/h10-11,13-14H,2-9H2,1H3. The van der Waals surface area contributed by atoms with E-state index in [1.807, 2.05) is 0 Å². The summed E-state index contributed by atoms with van der Waals surface area (Å²) in [6.07, 6.45) is 5.47. The average Bonchev–Trinajstić information content (AvgIpc) is 2.30. The molecule has 3 atom stereocenters. The Balaban J connectivity index is 1.95. The van der Waals surface area contributed by atoms with Crippen LogP contribution in [0.4, 0.5) is 0 Å². The number of aliphatic hydroxyl groups is 1. The molecular formula is C12H23NO2. The Hall–Kier alpha value is -0.120. The quantitative estimate of drug-likeness (QED) is 0.726. The van der Waals surface area contributed by atoms with Crippen LogP contribution in [0, 0.1) is 5.92 Å². The monoisotopic (exact) mass is 213 g/mol. The minimum absolute atomic E-state index is 0.247. The van der Waals surface area contributed by atoms with Gasteiger partial charge >= 0.3 is 0 Å². The molecule has 0 saturated carbocycles. The minimum atomic E-state index is -0.605. The Bertz CT molecular complexity index is 202. The largest absolute Gasteiger partial charge is 0.386 e. The van der Waals surface area contributed by atoms with Crippen LogP contribution in [0.5, 0.6) is 0 Å². The van der Waals surface area contributed by atoms with E-state index in [0.29, 0.717) is 6.61 Å². The smallest absolute Gasteiger partial charge is 0.103 e. The molecule has 0 spiro atoms. The van der Waals surface area contributed by atoms with Crippen molar-refractivity contribution in [2.45, 2.75) is 50.7 Å². The van der Waals surface area contributed by atoms with E-state index in [1.165, 1.54) is 12.8 Å². The normalized spacial score (nSPS) is 42.8. The van der Waals surface area contributed by atoms with Crippen LogP contribution in [-0.4, -0.2) is 36.5 Å². The van der Waals surface area contributed by atoms with Crippen LogP contribution in [0.25, 0.3) is 0 Å². The third-order valence-corrected chi connectivity index (χ3v) is 3.99. The van der Waals surface area contributed by atoms with Crippen molar-refractivity contribution < 1.29 is 9.84 Å². The van der Waals surface area contributed by atoms with E-state index in [1.54, 1.807) is 0 Å². The van der Waals surface area contributed by atoms with E-state index in [0.717, 1.165) is 38.3 Å². The zero-order chi connectivity index (χ0) is 10.7. The van der Waals surface area contributed by atoms with E-state index in [9.17, 15) is 5.11 Å². The van der Waals surface area contributed by atoms with E-state index in [2.05, 4.69) is 12.2 Å². The van der Waals surface area contributed by atoms with Crippen LogP contribution in [0.2, 0.25) is 0 Å². The first-order valence-corrected chi connectivity index (χ1v) is 6.28. The molecular weight excluding hydrogens is 190 g/mol. The number of piperidine rings is 1. The van der Waals surface area contributed by atoms with Gasteiger partial charge in [-0.3, -0.25) is 0 Å². The Labute approximate surface area is 92.2 Å². The first-order chi connectivity index (χ1) is 7.24. The van der Waals surface area contributed by atoms with E-state index in [-0.39, 0.29) is 6.04 Å². The molecule has 2 N–H and O–H groups in total. The maximum Gasteiger partial charge on any atom is 0.103 e. The first kappa shape index (κ1) is 11.4. The van der Waals surface area contributed by atoms with Crippen molar-refractivity contribution >= 4 is 0 Å². The second-order valence-electron chi connectivity index (χ2n) is 5.07. The van der Waals surface area contributed by atoms with Gasteiger partial charge in [0.2, 0.25) is 0 Å². The number of hydrogen-bond acceptors (Lipinski definition) is 3. The predicted molar refractivity (Wildman–Crippen MR) is 59.8 cm³/mol. The van der Waals surface area contributed by atoms with Gasteiger partial charge < -0.3 is 15.2 Å². The maximum absolute atomic E-state index is 10.5. The Morgan fingerprint density at radius 3 is 3.07 bits per heavy atom. The number of rotatable bonds is 2. The van der Waals surface area contributed by atoms with Crippen LogP contribution < -0.4 is 5.32 Å². The van der Waals surface area contributed by atoms with Crippen molar-refractivity contribution in [3.8, 4) is 0 Å². The highest BCUT2D eigenvalue weighted by atomic mass is 16.5. The molecule has 2 fully saturated rings. The summed E-state index contributed by atoms with van der Waals surface area (Å²) in [6.45, 7) is 4.62. The first-order valence-electron chi connectivity index (χ1n) is 6.28. The Kier molecular flexibility index (Phi) is 3.65. The number of nitrogens with one attached hydrogen (secondary N) is 1. The van der Waals surface area contributed by atoms with Gasteiger partial charge in [-0.1, -0.05) is 13.3 Å². The molecule has 3 unspecified atom stereocenters. The molecule has 2 rings (SSSR count). The van der Waals surface area contributed by atoms with Crippen molar-refractivity contribution in [3.05, 3.63) is 0 Å². The van der Waals surface area contributed by atoms with Crippen molar-refractivity contribution in [1.29, 1.82) is 0 Å². The molecule has 88 valence electrons. The average molecular weight is 213 g/mol. The highest BCUT2D eigenvalue weighted by Crippen LogP contribution is 2.30. The summed E-state index contributed by atoms with van der Waals surface area (Å²) in [5, 5.41) is 14.0. The molecule has 3 nitrogen and oxygen atoms in total. The summed E-state index contributed by atoms with van der Waals surface area (Å²) >= 11 is 0. The molecule has 2 saturated heterocycles. The van der Waals surface area contributed by atoms with Gasteiger partial charge in [-0.05, 0) is 38.1 Å². The third-order valence-electron chi connectivity index (χ3n) is 3.99. The predicted octanol–water partition coefficient (Wildman–Crippen LogP) is 1.31. The van der Waals surface area contributed by atoms with E-state index < -0.39 is 5.60 Å². The lowest BCUT2D eigenvalue weighted by Crippen LogP contribution is -2.58. The van der Waals surface area contributed by atoms with Crippen molar-refractivity contribution in [1.82, 2.24) is 5.32 Å². The topological polar surface area (TPSA) is 41.5 Å². The molecule has 15 heavy (non-hydrogen) atoms. The SMILES string of the molecule is CCC1CCNC(C2(O)CCCOC2)C1. The third kappa shape index (κ3) is 2.52. The fraction of sp³-hybridized carbons (Fsp3) is 1.00. The molecule has 0 radical (unpaired) electrons. The number of ether oxygens (including phenoxy) is 1. The van der Waals surface area contributed by atoms with Gasteiger partial charge in [-0.15, -0.1) is 0 Å². The molecule has 0 bridgehead atoms. The lowest BCUT2D eigenvalue weighted by Gasteiger charge is -2.43. The van der Waals surface area contributed by atoms with Crippen LogP contribution in [-0.2, 0) is 4.74 Å². The molecule has 0 aromatic rings. The molecule has 0 amide bonds. The molecule has 0 aliphatic carbocycles. The Morgan fingerprint density at radius 2 is 2.40 bits per heavy atom. The van der Waals surface area contributed by atoms with E-state index in [4.69, 9.17) is 4.74 Å². The van der Waals surface area contributed by atoms with Crippen molar-refractivity contribution in [3.63, 3.8) is 0 Å². The van der Waals surface area contributed by atoms with Gasteiger partial charge in [0.05, 0.1) is 6.61 Å². The Morgan fingerprint density at radius 1 is 1.53 bits per heavy atom. The molecule has 0 aromatic carbocycles. The van der Waals surface area contributed by atoms with Gasteiger partial charge in [0.1, 0.15) is 5.60 Å². The van der Waals surface area contributed by atoms with E-state index >= 15 is 0 Å². The summed E-state index contributed by atoms with van der Waals surface area (Å²) in [7, 11) is 0. The van der Waals surface area contributed by atoms with Crippen LogP contribution in [0.3, 0.4) is 0 Å². The van der Waals surface area contributed by atoms with Gasteiger partial charge in [0, 0.05) is 12.6 Å². The lowest BCUT2D eigenvalue weighted by molar-refractivity contribution is -0.113. The molecule has 2 heterocycles.